The summed E-state index contributed by atoms with van der Waals surface area (Å²) < 4.78 is 2.61. The zero-order valence-electron chi connectivity index (χ0n) is 22.9. The fraction of sp³-hybridized carbons (Fsp3) is 0.613. The predicted octanol–water partition coefficient (Wildman–Crippen LogP) is 10.6. The van der Waals surface area contributed by atoms with Gasteiger partial charge >= 0.3 is 0 Å². The molecule has 1 heterocycles. The van der Waals surface area contributed by atoms with E-state index in [1.165, 1.54) is 70.1 Å². The highest BCUT2D eigenvalue weighted by molar-refractivity contribution is 6.34. The smallest absolute Gasteiger partial charge is 0.0580 e. The second-order valence-electron chi connectivity index (χ2n) is 10.1. The number of hydrogen-bond donors (Lipinski definition) is 0. The van der Waals surface area contributed by atoms with Crippen molar-refractivity contribution in [3.05, 3.63) is 51.2 Å². The fourth-order valence-electron chi connectivity index (χ4n) is 5.02. The normalized spacial score (nSPS) is 15.2. The van der Waals surface area contributed by atoms with Crippen molar-refractivity contribution in [1.82, 2.24) is 4.57 Å². The van der Waals surface area contributed by atoms with Crippen molar-refractivity contribution in [3.8, 4) is 0 Å². The van der Waals surface area contributed by atoms with Crippen molar-refractivity contribution in [2.24, 2.45) is 11.8 Å². The Morgan fingerprint density at radius 2 is 1.76 bits per heavy atom. The first-order valence-corrected chi connectivity index (χ1v) is 13.8. The number of nitrogens with zero attached hydrogens (tertiary/aromatic N) is 1. The van der Waals surface area contributed by atoms with Crippen LogP contribution in [0.25, 0.3) is 16.5 Å². The van der Waals surface area contributed by atoms with Crippen LogP contribution >= 0.6 is 11.6 Å². The SMILES string of the molecule is CC/C=C(C)\C(=C(\C)C(C)CC)c1c(Cl)ccc2c(CCCC)c(C)n(CCC(C)CC)c12. The molecule has 0 bridgehead atoms. The number of halogens is 1. The van der Waals surface area contributed by atoms with E-state index in [-0.39, 0.29) is 0 Å². The molecule has 0 saturated carbocycles. The summed E-state index contributed by atoms with van der Waals surface area (Å²) in [4.78, 5) is 0. The Balaban J connectivity index is 2.95. The molecule has 1 aromatic carbocycles. The quantitative estimate of drug-likeness (QED) is 0.272. The van der Waals surface area contributed by atoms with Crippen LogP contribution in [0.4, 0.5) is 0 Å². The van der Waals surface area contributed by atoms with Gasteiger partial charge in [0, 0.05) is 23.2 Å². The van der Waals surface area contributed by atoms with E-state index in [4.69, 9.17) is 11.6 Å². The van der Waals surface area contributed by atoms with Gasteiger partial charge in [-0.2, -0.15) is 0 Å². The number of rotatable bonds is 12. The standard InChI is InChI=1S/C31H48ClN/c1-10-14-16-26-25(9)33(20-19-21(5)12-3)31-27(26)17-18-28(32)30(31)29(23(7)15-11-2)24(8)22(6)13-4/h15,17-18,21-22H,10-14,16,19-20H2,1-9H3/b23-15-,29-24+. The summed E-state index contributed by atoms with van der Waals surface area (Å²) in [5.74, 6) is 1.25. The van der Waals surface area contributed by atoms with Crippen LogP contribution in [0, 0.1) is 18.8 Å². The second-order valence-corrected chi connectivity index (χ2v) is 10.5. The van der Waals surface area contributed by atoms with E-state index >= 15 is 0 Å². The molecule has 33 heavy (non-hydrogen) atoms. The number of allylic oxidation sites excluding steroid dienone is 4. The Bertz CT molecular complexity index is 988. The molecule has 2 heteroatoms. The van der Waals surface area contributed by atoms with E-state index in [0.29, 0.717) is 5.92 Å². The highest BCUT2D eigenvalue weighted by Gasteiger charge is 2.23. The average molecular weight is 470 g/mol. The lowest BCUT2D eigenvalue weighted by Crippen LogP contribution is -2.08. The van der Waals surface area contributed by atoms with Gasteiger partial charge in [0.1, 0.15) is 0 Å². The molecular formula is C31H48ClN. The van der Waals surface area contributed by atoms with E-state index in [0.717, 1.165) is 36.7 Å². The van der Waals surface area contributed by atoms with Crippen LogP contribution in [0.15, 0.2) is 29.4 Å². The van der Waals surface area contributed by atoms with Crippen LogP contribution in [0.2, 0.25) is 5.02 Å². The topological polar surface area (TPSA) is 4.93 Å². The predicted molar refractivity (Wildman–Crippen MR) is 150 cm³/mol. The van der Waals surface area contributed by atoms with E-state index in [9.17, 15) is 0 Å². The van der Waals surface area contributed by atoms with Crippen molar-refractivity contribution in [1.29, 1.82) is 0 Å². The zero-order valence-corrected chi connectivity index (χ0v) is 23.6. The maximum absolute atomic E-state index is 7.09. The molecule has 0 aliphatic rings. The summed E-state index contributed by atoms with van der Waals surface area (Å²) in [6, 6.07) is 4.43. The van der Waals surface area contributed by atoms with Crippen LogP contribution in [-0.2, 0) is 13.0 Å². The maximum Gasteiger partial charge on any atom is 0.0580 e. The highest BCUT2D eigenvalue weighted by atomic mass is 35.5. The lowest BCUT2D eigenvalue weighted by molar-refractivity contribution is 0.470. The number of unbranched alkanes of at least 4 members (excludes halogenated alkanes) is 1. The molecule has 0 saturated heterocycles. The largest absolute Gasteiger partial charge is 0.344 e. The first-order valence-electron chi connectivity index (χ1n) is 13.4. The van der Waals surface area contributed by atoms with Gasteiger partial charge in [0.05, 0.1) is 10.5 Å². The third-order valence-electron chi connectivity index (χ3n) is 7.79. The Hall–Kier alpha value is -1.47. The highest BCUT2D eigenvalue weighted by Crippen LogP contribution is 2.42. The molecule has 2 rings (SSSR count). The second kappa shape index (κ2) is 12.8. The third-order valence-corrected chi connectivity index (χ3v) is 8.10. The van der Waals surface area contributed by atoms with Gasteiger partial charge in [0.2, 0.25) is 0 Å². The van der Waals surface area contributed by atoms with E-state index < -0.39 is 0 Å². The molecule has 0 amide bonds. The van der Waals surface area contributed by atoms with Gasteiger partial charge in [-0.3, -0.25) is 0 Å². The minimum absolute atomic E-state index is 0.524. The van der Waals surface area contributed by atoms with Gasteiger partial charge in [-0.1, -0.05) is 83.7 Å². The summed E-state index contributed by atoms with van der Waals surface area (Å²) in [5.41, 5.74) is 9.74. The van der Waals surface area contributed by atoms with Gasteiger partial charge < -0.3 is 4.57 Å². The Kier molecular flexibility index (Phi) is 10.8. The maximum atomic E-state index is 7.09. The monoisotopic (exact) mass is 469 g/mol. The van der Waals surface area contributed by atoms with Crippen LogP contribution in [0.1, 0.15) is 111 Å². The molecule has 0 aliphatic heterocycles. The molecule has 0 aliphatic carbocycles. The molecule has 0 N–H and O–H groups in total. The van der Waals surface area contributed by atoms with Crippen molar-refractivity contribution in [2.45, 2.75) is 114 Å². The van der Waals surface area contributed by atoms with Gasteiger partial charge in [-0.25, -0.2) is 0 Å². The summed E-state index contributed by atoms with van der Waals surface area (Å²) >= 11 is 7.09. The van der Waals surface area contributed by atoms with Crippen LogP contribution in [-0.4, -0.2) is 4.57 Å². The van der Waals surface area contributed by atoms with Gasteiger partial charge in [-0.05, 0) is 87.5 Å². The van der Waals surface area contributed by atoms with E-state index in [1.54, 1.807) is 0 Å². The number of fused-ring (bicyclic) bond motifs is 1. The Morgan fingerprint density at radius 1 is 1.06 bits per heavy atom. The molecule has 0 spiro atoms. The average Bonchev–Trinajstić information content (AvgIpc) is 3.07. The molecular weight excluding hydrogens is 422 g/mol. The fourth-order valence-corrected chi connectivity index (χ4v) is 5.27. The van der Waals surface area contributed by atoms with E-state index in [2.05, 4.69) is 85.1 Å². The molecule has 1 aromatic heterocycles. The van der Waals surface area contributed by atoms with Crippen molar-refractivity contribution < 1.29 is 0 Å². The van der Waals surface area contributed by atoms with Crippen molar-refractivity contribution in [3.63, 3.8) is 0 Å². The van der Waals surface area contributed by atoms with Crippen LogP contribution in [0.3, 0.4) is 0 Å². The Labute approximate surface area is 209 Å². The number of aryl methyl sites for hydroxylation is 2. The van der Waals surface area contributed by atoms with E-state index in [1.807, 2.05) is 0 Å². The number of aromatic nitrogens is 1. The molecule has 2 aromatic rings. The number of benzene rings is 1. The minimum Gasteiger partial charge on any atom is -0.344 e. The van der Waals surface area contributed by atoms with Crippen LogP contribution in [0.5, 0.6) is 0 Å². The minimum atomic E-state index is 0.524. The first-order chi connectivity index (χ1) is 15.7. The summed E-state index contributed by atoms with van der Waals surface area (Å²) in [6.07, 6.45) is 10.6. The molecule has 2 atom stereocenters. The Morgan fingerprint density at radius 3 is 2.33 bits per heavy atom. The van der Waals surface area contributed by atoms with Gasteiger partial charge in [-0.15, -0.1) is 0 Å². The molecule has 184 valence electrons. The summed E-state index contributed by atoms with van der Waals surface area (Å²) in [5, 5.41) is 2.29. The lowest BCUT2D eigenvalue weighted by atomic mass is 9.86. The number of hydrogen-bond acceptors (Lipinski definition) is 0. The lowest BCUT2D eigenvalue weighted by Gasteiger charge is -2.22. The molecule has 0 fully saturated rings. The third kappa shape index (κ3) is 6.16. The van der Waals surface area contributed by atoms with Gasteiger partial charge in [0.25, 0.3) is 0 Å². The molecule has 1 nitrogen and oxygen atoms in total. The van der Waals surface area contributed by atoms with Gasteiger partial charge in [0.15, 0.2) is 0 Å². The van der Waals surface area contributed by atoms with Crippen molar-refractivity contribution >= 4 is 28.1 Å². The molecule has 0 radical (unpaired) electrons. The summed E-state index contributed by atoms with van der Waals surface area (Å²) in [6.45, 7) is 21.8. The zero-order chi connectivity index (χ0) is 24.7. The van der Waals surface area contributed by atoms with Crippen molar-refractivity contribution in [2.75, 3.05) is 0 Å². The van der Waals surface area contributed by atoms with Crippen LogP contribution < -0.4 is 0 Å². The summed E-state index contributed by atoms with van der Waals surface area (Å²) in [7, 11) is 0. The first kappa shape index (κ1) is 27.8. The molecule has 2 unspecified atom stereocenters.